The molecule has 12 heavy (non-hydrogen) atoms. The summed E-state index contributed by atoms with van der Waals surface area (Å²) in [5.41, 5.74) is 7.44. The first-order chi connectivity index (χ1) is 5.54. The van der Waals surface area contributed by atoms with E-state index < -0.39 is 0 Å². The van der Waals surface area contributed by atoms with Gasteiger partial charge >= 0.3 is 0 Å². The van der Waals surface area contributed by atoms with Crippen LogP contribution < -0.4 is 5.73 Å². The molecule has 4 heteroatoms. The zero-order valence-electron chi connectivity index (χ0n) is 7.63. The summed E-state index contributed by atoms with van der Waals surface area (Å²) < 4.78 is 1.90. The molecule has 0 aliphatic heterocycles. The lowest BCUT2D eigenvalue weighted by molar-refractivity contribution is 0.666. The van der Waals surface area contributed by atoms with Gasteiger partial charge in [-0.05, 0) is 20.8 Å². The van der Waals surface area contributed by atoms with Gasteiger partial charge in [-0.15, -0.1) is 0 Å². The number of aromatic nitrogens is 2. The van der Waals surface area contributed by atoms with Gasteiger partial charge in [0.05, 0.1) is 18.1 Å². The van der Waals surface area contributed by atoms with Crippen molar-refractivity contribution in [1.29, 1.82) is 5.41 Å². The normalized spacial score (nSPS) is 12.9. The predicted molar refractivity (Wildman–Crippen MR) is 48.3 cm³/mol. The van der Waals surface area contributed by atoms with Crippen LogP contribution in [0.15, 0.2) is 6.33 Å². The highest BCUT2D eigenvalue weighted by atomic mass is 15.1. The van der Waals surface area contributed by atoms with Gasteiger partial charge in [0.25, 0.3) is 0 Å². The molecule has 1 atom stereocenters. The Labute approximate surface area is 71.9 Å². The Kier molecular flexibility index (Phi) is 2.17. The average Bonchev–Trinajstić information content (AvgIpc) is 2.32. The first-order valence-electron chi connectivity index (χ1n) is 3.88. The highest BCUT2D eigenvalue weighted by molar-refractivity contribution is 5.80. The van der Waals surface area contributed by atoms with Crippen molar-refractivity contribution in [3.8, 4) is 0 Å². The molecule has 1 aromatic rings. The van der Waals surface area contributed by atoms with Gasteiger partial charge in [0, 0.05) is 5.69 Å². The molecule has 0 bridgehead atoms. The second kappa shape index (κ2) is 2.97. The van der Waals surface area contributed by atoms with Crippen molar-refractivity contribution in [1.82, 2.24) is 9.55 Å². The van der Waals surface area contributed by atoms with Crippen molar-refractivity contribution >= 4 is 5.84 Å². The highest BCUT2D eigenvalue weighted by Gasteiger charge is 2.10. The Bertz CT molecular complexity index is 300. The molecule has 1 unspecified atom stereocenters. The summed E-state index contributed by atoms with van der Waals surface area (Å²) in [6.07, 6.45) is 1.72. The zero-order chi connectivity index (χ0) is 9.30. The molecule has 1 rings (SSSR count). The Morgan fingerprint density at radius 2 is 2.25 bits per heavy atom. The molecule has 1 heterocycles. The van der Waals surface area contributed by atoms with Crippen molar-refractivity contribution in [2.45, 2.75) is 26.8 Å². The van der Waals surface area contributed by atoms with E-state index in [1.54, 1.807) is 6.33 Å². The molecule has 0 aromatic carbocycles. The lowest BCUT2D eigenvalue weighted by Crippen LogP contribution is -2.23. The number of hydrogen-bond acceptors (Lipinski definition) is 2. The van der Waals surface area contributed by atoms with E-state index in [9.17, 15) is 0 Å². The molecule has 0 radical (unpaired) electrons. The number of rotatable bonds is 2. The lowest BCUT2D eigenvalue weighted by atomic mass is 10.3. The molecular formula is C8H14N4. The molecule has 0 saturated carbocycles. The number of aryl methyl sites for hydroxylation is 1. The molecule has 0 spiro atoms. The minimum absolute atomic E-state index is 0.0915. The number of nitrogens with two attached hydrogens (primary N) is 1. The molecule has 0 saturated heterocycles. The van der Waals surface area contributed by atoms with E-state index in [1.807, 2.05) is 25.3 Å². The average molecular weight is 166 g/mol. The van der Waals surface area contributed by atoms with Gasteiger partial charge in [-0.1, -0.05) is 0 Å². The van der Waals surface area contributed by atoms with E-state index in [-0.39, 0.29) is 11.9 Å². The third-order valence-electron chi connectivity index (χ3n) is 2.15. The number of imidazole rings is 1. The van der Waals surface area contributed by atoms with Crippen LogP contribution in [0.2, 0.25) is 0 Å². The van der Waals surface area contributed by atoms with Gasteiger partial charge in [0.1, 0.15) is 5.84 Å². The maximum atomic E-state index is 7.27. The molecule has 0 fully saturated rings. The molecule has 0 aliphatic carbocycles. The highest BCUT2D eigenvalue weighted by Crippen LogP contribution is 2.11. The van der Waals surface area contributed by atoms with Gasteiger partial charge in [0.15, 0.2) is 0 Å². The fourth-order valence-corrected chi connectivity index (χ4v) is 1.06. The molecule has 4 nitrogen and oxygen atoms in total. The predicted octanol–water partition coefficient (Wildman–Crippen LogP) is 0.997. The molecular weight excluding hydrogens is 152 g/mol. The summed E-state index contributed by atoms with van der Waals surface area (Å²) in [6.45, 7) is 5.80. The number of hydrogen-bond donors (Lipinski definition) is 2. The Balaban J connectivity index is 3.03. The molecule has 3 N–H and O–H groups in total. The minimum atomic E-state index is -0.0915. The smallest absolute Gasteiger partial charge is 0.114 e. The van der Waals surface area contributed by atoms with E-state index in [0.29, 0.717) is 0 Å². The van der Waals surface area contributed by atoms with Crippen LogP contribution in [-0.2, 0) is 0 Å². The summed E-state index contributed by atoms with van der Waals surface area (Å²) in [6, 6.07) is -0.0915. The van der Waals surface area contributed by atoms with Crippen LogP contribution in [0.5, 0.6) is 0 Å². The number of nitrogens with one attached hydrogen (secondary N) is 1. The summed E-state index contributed by atoms with van der Waals surface area (Å²) in [7, 11) is 0. The van der Waals surface area contributed by atoms with Crippen LogP contribution >= 0.6 is 0 Å². The molecule has 66 valence electrons. The summed E-state index contributed by atoms with van der Waals surface area (Å²) in [5, 5.41) is 7.27. The lowest BCUT2D eigenvalue weighted by Gasteiger charge is -2.12. The standard InChI is InChI=1S/C8H14N4/c1-5-6(2)12(4-11-5)7(3)8(9)10/h4,7H,1-3H3,(H3,9,10). The van der Waals surface area contributed by atoms with E-state index in [1.165, 1.54) is 0 Å². The van der Waals surface area contributed by atoms with Crippen LogP contribution in [0.4, 0.5) is 0 Å². The fourth-order valence-electron chi connectivity index (χ4n) is 1.06. The van der Waals surface area contributed by atoms with E-state index >= 15 is 0 Å². The van der Waals surface area contributed by atoms with Gasteiger partial charge < -0.3 is 10.3 Å². The third-order valence-corrected chi connectivity index (χ3v) is 2.15. The molecule has 0 aliphatic rings. The van der Waals surface area contributed by atoms with Gasteiger partial charge in [-0.2, -0.15) is 0 Å². The van der Waals surface area contributed by atoms with Crippen molar-refractivity contribution in [3.05, 3.63) is 17.7 Å². The van der Waals surface area contributed by atoms with Gasteiger partial charge in [0.2, 0.25) is 0 Å². The summed E-state index contributed by atoms with van der Waals surface area (Å²) in [5.74, 6) is 0.163. The third kappa shape index (κ3) is 1.32. The Morgan fingerprint density at radius 3 is 2.58 bits per heavy atom. The topological polar surface area (TPSA) is 67.7 Å². The first kappa shape index (κ1) is 8.77. The van der Waals surface area contributed by atoms with Crippen LogP contribution in [0.3, 0.4) is 0 Å². The maximum absolute atomic E-state index is 7.27. The van der Waals surface area contributed by atoms with E-state index in [4.69, 9.17) is 11.1 Å². The maximum Gasteiger partial charge on any atom is 0.114 e. The van der Waals surface area contributed by atoms with E-state index in [2.05, 4.69) is 4.98 Å². The van der Waals surface area contributed by atoms with Crippen LogP contribution in [-0.4, -0.2) is 15.4 Å². The van der Waals surface area contributed by atoms with Crippen molar-refractivity contribution in [2.75, 3.05) is 0 Å². The van der Waals surface area contributed by atoms with Crippen molar-refractivity contribution < 1.29 is 0 Å². The van der Waals surface area contributed by atoms with Crippen LogP contribution in [0.1, 0.15) is 24.4 Å². The van der Waals surface area contributed by atoms with Crippen molar-refractivity contribution in [3.63, 3.8) is 0 Å². The first-order valence-corrected chi connectivity index (χ1v) is 3.88. The van der Waals surface area contributed by atoms with Crippen molar-refractivity contribution in [2.24, 2.45) is 5.73 Å². The van der Waals surface area contributed by atoms with Gasteiger partial charge in [-0.25, -0.2) is 4.98 Å². The SMILES string of the molecule is Cc1ncn(C(C)C(=N)N)c1C. The molecule has 1 aromatic heterocycles. The largest absolute Gasteiger partial charge is 0.386 e. The molecule has 0 amide bonds. The van der Waals surface area contributed by atoms with Crippen LogP contribution in [0, 0.1) is 19.3 Å². The Morgan fingerprint density at radius 1 is 1.67 bits per heavy atom. The fraction of sp³-hybridized carbons (Fsp3) is 0.500. The monoisotopic (exact) mass is 166 g/mol. The van der Waals surface area contributed by atoms with Gasteiger partial charge in [-0.3, -0.25) is 5.41 Å². The zero-order valence-corrected chi connectivity index (χ0v) is 7.63. The number of amidine groups is 1. The number of nitrogens with zero attached hydrogens (tertiary/aromatic N) is 2. The quantitative estimate of drug-likeness (QED) is 0.508. The second-order valence-corrected chi connectivity index (χ2v) is 2.95. The second-order valence-electron chi connectivity index (χ2n) is 2.95. The van der Waals surface area contributed by atoms with Crippen LogP contribution in [0.25, 0.3) is 0 Å². The summed E-state index contributed by atoms with van der Waals surface area (Å²) in [4.78, 5) is 4.13. The Hall–Kier alpha value is -1.32. The van der Waals surface area contributed by atoms with E-state index in [0.717, 1.165) is 11.4 Å². The minimum Gasteiger partial charge on any atom is -0.386 e. The summed E-state index contributed by atoms with van der Waals surface area (Å²) >= 11 is 0.